The van der Waals surface area contributed by atoms with Crippen LogP contribution in [0.25, 0.3) is 0 Å². The molecule has 1 radical (unpaired) electrons. The first kappa shape index (κ1) is 7.93. The van der Waals surface area contributed by atoms with E-state index in [2.05, 4.69) is 26.3 Å². The predicted molar refractivity (Wildman–Crippen MR) is 40.0 cm³/mol. The monoisotopic (exact) mass is 171 g/mol. The number of hydrogen-bond acceptors (Lipinski definition) is 4. The lowest BCUT2D eigenvalue weighted by atomic mass is 10.7. The van der Waals surface area contributed by atoms with Crippen molar-refractivity contribution in [2.75, 3.05) is 7.05 Å². The van der Waals surface area contributed by atoms with Crippen molar-refractivity contribution in [2.24, 2.45) is 0 Å². The first-order chi connectivity index (χ1) is 5.33. The molecule has 1 aromatic rings. The zero-order valence-electron chi connectivity index (χ0n) is 5.92. The van der Waals surface area contributed by atoms with E-state index in [0.29, 0.717) is 6.54 Å². The third-order valence-electron chi connectivity index (χ3n) is 0.993. The molecule has 6 heteroatoms. The van der Waals surface area contributed by atoms with Crippen LogP contribution in [0.4, 0.5) is 4.79 Å². The molecule has 1 rings (SSSR count). The maximum Gasteiger partial charge on any atom is 0.314 e. The number of amides is 2. The summed E-state index contributed by atoms with van der Waals surface area (Å²) in [5.41, 5.74) is 2.58. The molecule has 59 valence electrons. The van der Waals surface area contributed by atoms with Crippen LogP contribution in [-0.4, -0.2) is 23.3 Å². The summed E-state index contributed by atoms with van der Waals surface area (Å²) < 4.78 is 0. The molecule has 0 aliphatic carbocycles. The minimum Gasteiger partial charge on any atom is -0.341 e. The second-order valence-electron chi connectivity index (χ2n) is 1.72. The van der Waals surface area contributed by atoms with Gasteiger partial charge in [0.25, 0.3) is 0 Å². The standard InChI is InChI=1S/C5H7N4OS/c1-6-5(10)7-2-4-9-8-3-11-4/h2H2,1H3,(H2,6,7,10). The molecule has 0 saturated carbocycles. The highest BCUT2D eigenvalue weighted by atomic mass is 32.1. The SMILES string of the molecule is CNC(=O)NCc1nn[c]s1. The van der Waals surface area contributed by atoms with Gasteiger partial charge in [0, 0.05) is 7.05 Å². The molecule has 11 heavy (non-hydrogen) atoms. The van der Waals surface area contributed by atoms with Gasteiger partial charge in [-0.15, -0.1) is 10.2 Å². The van der Waals surface area contributed by atoms with Gasteiger partial charge in [0.2, 0.25) is 0 Å². The van der Waals surface area contributed by atoms with Crippen LogP contribution in [0, 0.1) is 5.51 Å². The lowest BCUT2D eigenvalue weighted by Gasteiger charge is -1.98. The highest BCUT2D eigenvalue weighted by molar-refractivity contribution is 7.08. The second kappa shape index (κ2) is 3.87. The van der Waals surface area contributed by atoms with E-state index in [-0.39, 0.29) is 6.03 Å². The number of carbonyl (C=O) groups excluding carboxylic acids is 1. The smallest absolute Gasteiger partial charge is 0.314 e. The van der Waals surface area contributed by atoms with Crippen molar-refractivity contribution < 1.29 is 4.79 Å². The molecule has 0 spiro atoms. The molecule has 5 nitrogen and oxygen atoms in total. The minimum absolute atomic E-state index is 0.222. The fourth-order valence-electron chi connectivity index (χ4n) is 0.485. The molecule has 1 aromatic heterocycles. The molecule has 0 fully saturated rings. The van der Waals surface area contributed by atoms with Crippen LogP contribution in [0.5, 0.6) is 0 Å². The van der Waals surface area contributed by atoms with E-state index < -0.39 is 0 Å². The number of hydrogen-bond donors (Lipinski definition) is 2. The van der Waals surface area contributed by atoms with E-state index in [0.717, 1.165) is 5.01 Å². The maximum atomic E-state index is 10.6. The molecule has 2 N–H and O–H groups in total. The maximum absolute atomic E-state index is 10.6. The Morgan fingerprint density at radius 1 is 1.82 bits per heavy atom. The summed E-state index contributed by atoms with van der Waals surface area (Å²) in [6, 6.07) is -0.222. The Morgan fingerprint density at radius 2 is 2.64 bits per heavy atom. The van der Waals surface area contributed by atoms with Gasteiger partial charge in [-0.3, -0.25) is 0 Å². The average molecular weight is 171 g/mol. The normalized spacial score (nSPS) is 9.18. The van der Waals surface area contributed by atoms with Gasteiger partial charge in [-0.05, 0) is 0 Å². The van der Waals surface area contributed by atoms with Crippen molar-refractivity contribution in [1.82, 2.24) is 20.8 Å². The lowest BCUT2D eigenvalue weighted by Crippen LogP contribution is -2.32. The Morgan fingerprint density at radius 3 is 3.18 bits per heavy atom. The molecule has 0 atom stereocenters. The largest absolute Gasteiger partial charge is 0.341 e. The number of nitrogens with zero attached hydrogens (tertiary/aromatic N) is 2. The van der Waals surface area contributed by atoms with E-state index in [9.17, 15) is 4.79 Å². The van der Waals surface area contributed by atoms with Crippen molar-refractivity contribution in [1.29, 1.82) is 0 Å². The molecule has 1 heterocycles. The third-order valence-corrected chi connectivity index (χ3v) is 1.63. The van der Waals surface area contributed by atoms with Crippen LogP contribution in [0.1, 0.15) is 5.01 Å². The van der Waals surface area contributed by atoms with Crippen LogP contribution in [-0.2, 0) is 6.54 Å². The van der Waals surface area contributed by atoms with Crippen LogP contribution < -0.4 is 10.6 Å². The highest BCUT2D eigenvalue weighted by Crippen LogP contribution is 1.98. The molecule has 0 unspecified atom stereocenters. The topological polar surface area (TPSA) is 66.9 Å². The predicted octanol–water partition coefficient (Wildman–Crippen LogP) is -0.233. The summed E-state index contributed by atoms with van der Waals surface area (Å²) in [5, 5.41) is 12.9. The molecule has 0 saturated heterocycles. The van der Waals surface area contributed by atoms with E-state index in [1.54, 1.807) is 7.05 Å². The van der Waals surface area contributed by atoms with Crippen molar-refractivity contribution in [3.05, 3.63) is 10.5 Å². The van der Waals surface area contributed by atoms with E-state index in [4.69, 9.17) is 0 Å². The Bertz CT molecular complexity index is 222. The van der Waals surface area contributed by atoms with Gasteiger partial charge in [-0.25, -0.2) is 4.79 Å². The summed E-state index contributed by atoms with van der Waals surface area (Å²) in [6.45, 7) is 0.404. The Hall–Kier alpha value is -1.17. The summed E-state index contributed by atoms with van der Waals surface area (Å²) in [6.07, 6.45) is 0. The van der Waals surface area contributed by atoms with E-state index in [1.807, 2.05) is 0 Å². The van der Waals surface area contributed by atoms with Crippen LogP contribution in [0.15, 0.2) is 0 Å². The average Bonchev–Trinajstić information content (AvgIpc) is 2.52. The van der Waals surface area contributed by atoms with E-state index >= 15 is 0 Å². The number of urea groups is 1. The van der Waals surface area contributed by atoms with Crippen LogP contribution in [0.3, 0.4) is 0 Å². The first-order valence-corrected chi connectivity index (χ1v) is 3.78. The zero-order chi connectivity index (χ0) is 8.10. The van der Waals surface area contributed by atoms with Gasteiger partial charge in [0.1, 0.15) is 5.01 Å². The number of carbonyl (C=O) groups is 1. The molecule has 0 aromatic carbocycles. The fourth-order valence-corrected chi connectivity index (χ4v) is 0.898. The van der Waals surface area contributed by atoms with Gasteiger partial charge in [0.05, 0.1) is 6.54 Å². The van der Waals surface area contributed by atoms with Gasteiger partial charge >= 0.3 is 6.03 Å². The highest BCUT2D eigenvalue weighted by Gasteiger charge is 1.98. The van der Waals surface area contributed by atoms with Crippen LogP contribution in [0.2, 0.25) is 0 Å². The molecule has 2 amide bonds. The summed E-state index contributed by atoms with van der Waals surface area (Å²) in [5.74, 6) is 0. The van der Waals surface area contributed by atoms with Gasteiger partial charge in [-0.1, -0.05) is 11.3 Å². The molecule has 0 aliphatic heterocycles. The third kappa shape index (κ3) is 2.50. The number of rotatable bonds is 2. The quantitative estimate of drug-likeness (QED) is 0.645. The van der Waals surface area contributed by atoms with Crippen molar-refractivity contribution in [3.8, 4) is 0 Å². The molecule has 0 aliphatic rings. The summed E-state index contributed by atoms with van der Waals surface area (Å²) in [7, 11) is 1.56. The summed E-state index contributed by atoms with van der Waals surface area (Å²) >= 11 is 1.29. The fraction of sp³-hybridized carbons (Fsp3) is 0.400. The van der Waals surface area contributed by atoms with Crippen molar-refractivity contribution in [3.63, 3.8) is 0 Å². The van der Waals surface area contributed by atoms with Crippen molar-refractivity contribution in [2.45, 2.75) is 6.54 Å². The number of aromatic nitrogens is 2. The van der Waals surface area contributed by atoms with Gasteiger partial charge in [-0.2, -0.15) is 0 Å². The Labute approximate surface area is 67.8 Å². The minimum atomic E-state index is -0.222. The molecule has 0 bridgehead atoms. The van der Waals surface area contributed by atoms with Gasteiger partial charge in [0.15, 0.2) is 5.51 Å². The Kier molecular flexibility index (Phi) is 2.79. The van der Waals surface area contributed by atoms with Crippen molar-refractivity contribution >= 4 is 17.4 Å². The zero-order valence-corrected chi connectivity index (χ0v) is 6.73. The molecular formula is C5H7N4OS. The first-order valence-electron chi connectivity index (χ1n) is 2.97. The lowest BCUT2D eigenvalue weighted by molar-refractivity contribution is 0.242. The van der Waals surface area contributed by atoms with Gasteiger partial charge < -0.3 is 10.6 Å². The summed E-state index contributed by atoms with van der Waals surface area (Å²) in [4.78, 5) is 10.6. The number of nitrogens with one attached hydrogen (secondary N) is 2. The molecular weight excluding hydrogens is 164 g/mol. The second-order valence-corrected chi connectivity index (χ2v) is 2.58. The Balaban J connectivity index is 2.29. The van der Waals surface area contributed by atoms with E-state index in [1.165, 1.54) is 11.3 Å². The van der Waals surface area contributed by atoms with Crippen LogP contribution >= 0.6 is 11.3 Å².